The highest BCUT2D eigenvalue weighted by atomic mass is 127. The summed E-state index contributed by atoms with van der Waals surface area (Å²) in [5.74, 6) is 0.616. The van der Waals surface area contributed by atoms with Crippen LogP contribution in [-0.2, 0) is 26.6 Å². The third kappa shape index (κ3) is 10.2. The number of alkyl halides is 2. The maximum Gasteiger partial charge on any atom is 0.500 e. The van der Waals surface area contributed by atoms with Gasteiger partial charge in [0.2, 0.25) is 0 Å². The van der Waals surface area contributed by atoms with Crippen molar-refractivity contribution in [3.05, 3.63) is 0 Å². The normalized spacial score (nSPS) is 12.0. The summed E-state index contributed by atoms with van der Waals surface area (Å²) in [5.41, 5.74) is 0. The molecule has 6 nitrogen and oxygen atoms in total. The van der Waals surface area contributed by atoms with Crippen molar-refractivity contribution in [3.63, 3.8) is 0 Å². The molecule has 0 unspecified atom stereocenters. The van der Waals surface area contributed by atoms with E-state index in [0.717, 1.165) is 29.4 Å². The van der Waals surface area contributed by atoms with Crippen molar-refractivity contribution >= 4 is 51.8 Å². The number of hydrogen-bond donors (Lipinski definition) is 0. The maximum atomic E-state index is 5.53. The van der Waals surface area contributed by atoms with Crippen LogP contribution in [0.1, 0.15) is 12.8 Å². The predicted octanol–water partition coefficient (Wildman–Crippen LogP) is 3.18. The fourth-order valence-corrected chi connectivity index (χ4v) is 6.58. The lowest BCUT2D eigenvalue weighted by atomic mass is 10.6. The van der Waals surface area contributed by atoms with E-state index in [1.165, 1.54) is 0 Å². The van der Waals surface area contributed by atoms with E-state index >= 15 is 0 Å². The van der Waals surface area contributed by atoms with E-state index in [2.05, 4.69) is 22.6 Å². The summed E-state index contributed by atoms with van der Waals surface area (Å²) < 4.78 is 32.3. The third-order valence-electron chi connectivity index (χ3n) is 3.10. The molecule has 0 bridgehead atoms. The topological polar surface area (TPSA) is 55.4 Å². The molecule has 136 valence electrons. The average molecular weight is 489 g/mol. The summed E-state index contributed by atoms with van der Waals surface area (Å²) in [6.07, 6.45) is 1.95. The van der Waals surface area contributed by atoms with Crippen LogP contribution in [0.5, 0.6) is 0 Å². The van der Waals surface area contributed by atoms with Gasteiger partial charge in [-0.1, -0.05) is 22.6 Å². The van der Waals surface area contributed by atoms with Gasteiger partial charge in [0.05, 0.1) is 0 Å². The van der Waals surface area contributed by atoms with Crippen LogP contribution in [0.15, 0.2) is 0 Å². The lowest BCUT2D eigenvalue weighted by molar-refractivity contribution is 0.123. The molecule has 0 radical (unpaired) electrons. The first kappa shape index (κ1) is 25.5. The van der Waals surface area contributed by atoms with Crippen molar-refractivity contribution in [2.45, 2.75) is 24.9 Å². The number of rotatable bonds is 12. The van der Waals surface area contributed by atoms with Gasteiger partial charge in [-0.15, -0.1) is 11.6 Å². The van der Waals surface area contributed by atoms with E-state index in [-0.39, 0.29) is 0 Å². The van der Waals surface area contributed by atoms with Gasteiger partial charge in [-0.3, -0.25) is 0 Å². The van der Waals surface area contributed by atoms with Gasteiger partial charge in [0.25, 0.3) is 0 Å². The van der Waals surface area contributed by atoms with Crippen LogP contribution in [0, 0.1) is 0 Å². The summed E-state index contributed by atoms with van der Waals surface area (Å²) in [6, 6.07) is 1.68. The Morgan fingerprint density at radius 3 is 1.23 bits per heavy atom. The monoisotopic (exact) mass is 488 g/mol. The Morgan fingerprint density at radius 1 is 0.682 bits per heavy atom. The summed E-state index contributed by atoms with van der Waals surface area (Å²) >= 11 is 7.87. The second-order valence-electron chi connectivity index (χ2n) is 4.18. The fourth-order valence-electron chi connectivity index (χ4n) is 1.68. The van der Waals surface area contributed by atoms with Crippen LogP contribution in [0.4, 0.5) is 0 Å². The standard InChI is InChI=1S/C6H15ClO3Si.C6H15IO3Si/c2*1-8-11(9-2,10-3)6-4-5-7/h2*4-6H2,1-3H3. The molecule has 0 aliphatic carbocycles. The average Bonchev–Trinajstić information content (AvgIpc) is 2.59. The van der Waals surface area contributed by atoms with Crippen LogP contribution in [0.25, 0.3) is 0 Å². The van der Waals surface area contributed by atoms with E-state index in [1.54, 1.807) is 42.7 Å². The van der Waals surface area contributed by atoms with Crippen molar-refractivity contribution in [1.82, 2.24) is 0 Å². The molecule has 0 rings (SSSR count). The van der Waals surface area contributed by atoms with E-state index in [0.29, 0.717) is 5.88 Å². The van der Waals surface area contributed by atoms with E-state index in [4.69, 9.17) is 38.2 Å². The molecule has 0 saturated carbocycles. The van der Waals surface area contributed by atoms with Crippen molar-refractivity contribution in [1.29, 1.82) is 0 Å². The first-order valence-electron chi connectivity index (χ1n) is 6.92. The van der Waals surface area contributed by atoms with Gasteiger partial charge in [0.1, 0.15) is 0 Å². The van der Waals surface area contributed by atoms with Crippen molar-refractivity contribution in [2.75, 3.05) is 53.0 Å². The summed E-state index contributed by atoms with van der Waals surface area (Å²) in [7, 11) is 5.18. The summed E-state index contributed by atoms with van der Waals surface area (Å²) in [5, 5.41) is 0. The van der Waals surface area contributed by atoms with Gasteiger partial charge >= 0.3 is 17.6 Å². The molecule has 0 saturated heterocycles. The Hall–Kier alpha value is 1.21. The van der Waals surface area contributed by atoms with Gasteiger partial charge in [0.15, 0.2) is 0 Å². The molecular weight excluding hydrogens is 459 g/mol. The Balaban J connectivity index is 0. The van der Waals surface area contributed by atoms with Crippen LogP contribution in [0.2, 0.25) is 12.1 Å². The quantitative estimate of drug-likeness (QED) is 0.239. The van der Waals surface area contributed by atoms with Crippen LogP contribution >= 0.6 is 34.2 Å². The van der Waals surface area contributed by atoms with Gasteiger partial charge in [-0.25, -0.2) is 0 Å². The summed E-state index contributed by atoms with van der Waals surface area (Å²) in [6.45, 7) is 0. The molecule has 0 aromatic heterocycles. The lowest BCUT2D eigenvalue weighted by Crippen LogP contribution is -2.42. The highest BCUT2D eigenvalue weighted by Gasteiger charge is 2.37. The molecule has 0 aromatic rings. The van der Waals surface area contributed by atoms with Crippen molar-refractivity contribution < 1.29 is 26.6 Å². The first-order valence-corrected chi connectivity index (χ1v) is 12.8. The zero-order chi connectivity index (χ0) is 17.5. The van der Waals surface area contributed by atoms with Crippen LogP contribution < -0.4 is 0 Å². The second-order valence-corrected chi connectivity index (χ2v) is 11.8. The molecule has 0 aliphatic heterocycles. The molecule has 0 fully saturated rings. The molecule has 0 aromatic carbocycles. The Labute approximate surface area is 156 Å². The lowest BCUT2D eigenvalue weighted by Gasteiger charge is -2.23. The molecule has 0 heterocycles. The van der Waals surface area contributed by atoms with Gasteiger partial charge in [-0.2, -0.15) is 0 Å². The maximum absolute atomic E-state index is 5.53. The zero-order valence-corrected chi connectivity index (χ0v) is 19.4. The predicted molar refractivity (Wildman–Crippen MR) is 102 cm³/mol. The van der Waals surface area contributed by atoms with Gasteiger partial charge in [0, 0.05) is 60.6 Å². The fraction of sp³-hybridized carbons (Fsp3) is 1.00. The largest absolute Gasteiger partial charge is 0.500 e. The molecular formula is C12H30ClIO6Si2. The van der Waals surface area contributed by atoms with E-state index in [9.17, 15) is 0 Å². The Bertz CT molecular complexity index is 205. The number of hydrogen-bond acceptors (Lipinski definition) is 6. The molecule has 0 spiro atoms. The Morgan fingerprint density at radius 2 is 1.00 bits per heavy atom. The number of halogens is 2. The molecule has 0 atom stereocenters. The zero-order valence-electron chi connectivity index (χ0n) is 14.4. The van der Waals surface area contributed by atoms with Gasteiger partial charge < -0.3 is 26.6 Å². The molecule has 10 heteroatoms. The highest BCUT2D eigenvalue weighted by Crippen LogP contribution is 2.15. The van der Waals surface area contributed by atoms with E-state index < -0.39 is 17.6 Å². The molecule has 0 aliphatic rings. The molecule has 0 N–H and O–H groups in total. The van der Waals surface area contributed by atoms with Crippen LogP contribution in [0.3, 0.4) is 0 Å². The third-order valence-corrected chi connectivity index (χ3v) is 9.79. The van der Waals surface area contributed by atoms with E-state index in [1.807, 2.05) is 0 Å². The van der Waals surface area contributed by atoms with Crippen molar-refractivity contribution in [3.8, 4) is 0 Å². The molecule has 0 amide bonds. The minimum absolute atomic E-state index is 0.616. The van der Waals surface area contributed by atoms with Crippen LogP contribution in [-0.4, -0.2) is 70.6 Å². The molecule has 22 heavy (non-hydrogen) atoms. The smallest absolute Gasteiger partial charge is 0.377 e. The highest BCUT2D eigenvalue weighted by molar-refractivity contribution is 14.1. The SMILES string of the molecule is CO[Si](CCCCl)(OC)OC.CO[Si](CCCI)(OC)OC. The summed E-state index contributed by atoms with van der Waals surface area (Å²) in [4.78, 5) is 0. The second kappa shape index (κ2) is 15.7. The first-order chi connectivity index (χ1) is 10.5. The minimum atomic E-state index is -2.32. The Kier molecular flexibility index (Phi) is 18.2. The van der Waals surface area contributed by atoms with Gasteiger partial charge in [-0.05, 0) is 17.3 Å². The van der Waals surface area contributed by atoms with Crippen molar-refractivity contribution in [2.24, 2.45) is 0 Å². The minimum Gasteiger partial charge on any atom is -0.377 e.